The van der Waals surface area contributed by atoms with E-state index in [1.807, 2.05) is 0 Å². The first-order chi connectivity index (χ1) is 9.40. The Bertz CT molecular complexity index is 521. The summed E-state index contributed by atoms with van der Waals surface area (Å²) in [5.41, 5.74) is 0.446. The van der Waals surface area contributed by atoms with Gasteiger partial charge in [0.05, 0.1) is 10.7 Å². The first kappa shape index (κ1) is 15.9. The molecule has 1 aromatic carbocycles. The standard InChI is InChI=1S/C12H14ClN3O4/c13-8-3-1-2-4-9(8)15-10(17)5-6-11(18)16(14)7-12(19)20/h1-4H,5-7,14H2,(H,15,17)(H,19,20). The molecule has 108 valence electrons. The number of para-hydroxylation sites is 1. The maximum absolute atomic E-state index is 11.6. The van der Waals surface area contributed by atoms with E-state index in [1.54, 1.807) is 24.3 Å². The second-order valence-electron chi connectivity index (χ2n) is 3.94. The Balaban J connectivity index is 2.42. The lowest BCUT2D eigenvalue weighted by molar-refractivity contribution is -0.144. The number of nitrogens with zero attached hydrogens (tertiary/aromatic N) is 1. The second kappa shape index (κ2) is 7.46. The molecule has 0 radical (unpaired) electrons. The van der Waals surface area contributed by atoms with Crippen molar-refractivity contribution in [2.24, 2.45) is 5.84 Å². The van der Waals surface area contributed by atoms with Gasteiger partial charge in [-0.1, -0.05) is 23.7 Å². The van der Waals surface area contributed by atoms with Crippen molar-refractivity contribution in [2.45, 2.75) is 12.8 Å². The number of carboxylic acids is 1. The average molecular weight is 300 g/mol. The molecule has 1 rings (SSSR count). The number of rotatable bonds is 6. The number of aliphatic carboxylic acids is 1. The van der Waals surface area contributed by atoms with Gasteiger partial charge in [0.15, 0.2) is 0 Å². The van der Waals surface area contributed by atoms with Crippen molar-refractivity contribution in [3.8, 4) is 0 Å². The number of anilines is 1. The van der Waals surface area contributed by atoms with Crippen molar-refractivity contribution < 1.29 is 19.5 Å². The maximum Gasteiger partial charge on any atom is 0.324 e. The van der Waals surface area contributed by atoms with Crippen LogP contribution in [0.3, 0.4) is 0 Å². The molecule has 0 aromatic heterocycles. The zero-order chi connectivity index (χ0) is 15.1. The summed E-state index contributed by atoms with van der Waals surface area (Å²) in [5, 5.41) is 12.0. The molecule has 1 aromatic rings. The normalized spacial score (nSPS) is 9.90. The highest BCUT2D eigenvalue weighted by molar-refractivity contribution is 6.33. The van der Waals surface area contributed by atoms with Crippen LogP contribution >= 0.6 is 11.6 Å². The lowest BCUT2D eigenvalue weighted by Crippen LogP contribution is -2.41. The Labute approximate surface area is 120 Å². The van der Waals surface area contributed by atoms with Crippen molar-refractivity contribution in [3.05, 3.63) is 29.3 Å². The van der Waals surface area contributed by atoms with E-state index in [2.05, 4.69) is 5.32 Å². The number of hydrazine groups is 1. The minimum absolute atomic E-state index is 0.114. The quantitative estimate of drug-likeness (QED) is 0.409. The highest BCUT2D eigenvalue weighted by atomic mass is 35.5. The Kier molecular flexibility index (Phi) is 5.95. The lowest BCUT2D eigenvalue weighted by atomic mass is 10.2. The molecule has 2 amide bonds. The molecular formula is C12H14ClN3O4. The summed E-state index contributed by atoms with van der Waals surface area (Å²) in [6.07, 6.45) is -0.294. The summed E-state index contributed by atoms with van der Waals surface area (Å²) >= 11 is 5.86. The Morgan fingerprint density at radius 2 is 1.90 bits per heavy atom. The molecule has 0 saturated heterocycles. The highest BCUT2D eigenvalue weighted by Crippen LogP contribution is 2.20. The van der Waals surface area contributed by atoms with Crippen molar-refractivity contribution >= 4 is 35.1 Å². The van der Waals surface area contributed by atoms with E-state index >= 15 is 0 Å². The van der Waals surface area contributed by atoms with E-state index in [0.29, 0.717) is 15.7 Å². The minimum Gasteiger partial charge on any atom is -0.480 e. The van der Waals surface area contributed by atoms with Crippen molar-refractivity contribution in [3.63, 3.8) is 0 Å². The zero-order valence-corrected chi connectivity index (χ0v) is 11.3. The van der Waals surface area contributed by atoms with Gasteiger partial charge >= 0.3 is 5.97 Å². The van der Waals surface area contributed by atoms with Crippen LogP contribution in [0.25, 0.3) is 0 Å². The summed E-state index contributed by atoms with van der Waals surface area (Å²) in [6.45, 7) is -0.606. The molecule has 0 unspecified atom stereocenters. The van der Waals surface area contributed by atoms with Crippen molar-refractivity contribution in [1.29, 1.82) is 0 Å². The lowest BCUT2D eigenvalue weighted by Gasteiger charge is -2.13. The number of amides is 2. The molecule has 0 atom stereocenters. The van der Waals surface area contributed by atoms with Crippen LogP contribution < -0.4 is 11.2 Å². The van der Waals surface area contributed by atoms with E-state index in [-0.39, 0.29) is 12.8 Å². The third-order valence-electron chi connectivity index (χ3n) is 2.34. The van der Waals surface area contributed by atoms with Crippen LogP contribution in [0.15, 0.2) is 24.3 Å². The topological polar surface area (TPSA) is 113 Å². The monoisotopic (exact) mass is 299 g/mol. The molecule has 8 heteroatoms. The average Bonchev–Trinajstić information content (AvgIpc) is 2.38. The van der Waals surface area contributed by atoms with Gasteiger partial charge in [-0.15, -0.1) is 0 Å². The van der Waals surface area contributed by atoms with Gasteiger partial charge in [0.25, 0.3) is 0 Å². The molecule has 7 nitrogen and oxygen atoms in total. The maximum atomic E-state index is 11.6. The number of hydrogen-bond donors (Lipinski definition) is 3. The van der Waals surface area contributed by atoms with Crippen LogP contribution in [-0.4, -0.2) is 34.4 Å². The molecule has 0 aliphatic carbocycles. The molecule has 0 spiro atoms. The minimum atomic E-state index is -1.22. The summed E-state index contributed by atoms with van der Waals surface area (Å²) in [7, 11) is 0. The molecule has 0 fully saturated rings. The van der Waals surface area contributed by atoms with Crippen LogP contribution in [0.4, 0.5) is 5.69 Å². The number of nitrogens with two attached hydrogens (primary N) is 1. The predicted molar refractivity (Wildman–Crippen MR) is 72.9 cm³/mol. The number of carbonyl (C=O) groups excluding carboxylic acids is 2. The third-order valence-corrected chi connectivity index (χ3v) is 2.67. The van der Waals surface area contributed by atoms with Gasteiger partial charge in [0.2, 0.25) is 11.8 Å². The number of carbonyl (C=O) groups is 3. The fraction of sp³-hybridized carbons (Fsp3) is 0.250. The smallest absolute Gasteiger partial charge is 0.324 e. The van der Waals surface area contributed by atoms with Crippen LogP contribution in [0, 0.1) is 0 Å². The number of nitrogens with one attached hydrogen (secondary N) is 1. The third kappa shape index (κ3) is 5.25. The number of benzene rings is 1. The number of hydrogen-bond acceptors (Lipinski definition) is 4. The molecule has 20 heavy (non-hydrogen) atoms. The summed E-state index contributed by atoms with van der Waals surface area (Å²) in [6, 6.07) is 6.68. The Hall–Kier alpha value is -2.12. The summed E-state index contributed by atoms with van der Waals surface area (Å²) < 4.78 is 0. The first-order valence-corrected chi connectivity index (χ1v) is 6.09. The van der Waals surface area contributed by atoms with Gasteiger partial charge in [0.1, 0.15) is 6.54 Å². The van der Waals surface area contributed by atoms with Gasteiger partial charge in [-0.05, 0) is 12.1 Å². The summed E-state index contributed by atoms with van der Waals surface area (Å²) in [5.74, 6) is 2.98. The molecule has 0 saturated carbocycles. The van der Waals surface area contributed by atoms with Crippen molar-refractivity contribution in [2.75, 3.05) is 11.9 Å². The van der Waals surface area contributed by atoms with Gasteiger partial charge < -0.3 is 10.4 Å². The van der Waals surface area contributed by atoms with E-state index in [1.165, 1.54) is 0 Å². The SMILES string of the molecule is NN(CC(=O)O)C(=O)CCC(=O)Nc1ccccc1Cl. The molecule has 0 bridgehead atoms. The van der Waals surface area contributed by atoms with Crippen LogP contribution in [-0.2, 0) is 14.4 Å². The predicted octanol–water partition coefficient (Wildman–Crippen LogP) is 0.846. The van der Waals surface area contributed by atoms with E-state index in [0.717, 1.165) is 0 Å². The molecule has 4 N–H and O–H groups in total. The summed E-state index contributed by atoms with van der Waals surface area (Å²) in [4.78, 5) is 33.4. The van der Waals surface area contributed by atoms with Crippen LogP contribution in [0.5, 0.6) is 0 Å². The second-order valence-corrected chi connectivity index (χ2v) is 4.35. The molecule has 0 aliphatic heterocycles. The number of halogens is 1. The first-order valence-electron chi connectivity index (χ1n) is 5.71. The van der Waals surface area contributed by atoms with Gasteiger partial charge in [-0.2, -0.15) is 0 Å². The van der Waals surface area contributed by atoms with Gasteiger partial charge in [0, 0.05) is 12.8 Å². The fourth-order valence-electron chi connectivity index (χ4n) is 1.37. The fourth-order valence-corrected chi connectivity index (χ4v) is 1.56. The van der Waals surface area contributed by atoms with E-state index in [9.17, 15) is 14.4 Å². The van der Waals surface area contributed by atoms with E-state index < -0.39 is 24.3 Å². The van der Waals surface area contributed by atoms with E-state index in [4.69, 9.17) is 22.6 Å². The zero-order valence-electron chi connectivity index (χ0n) is 10.5. The molecule has 0 aliphatic rings. The van der Waals surface area contributed by atoms with Crippen LogP contribution in [0.1, 0.15) is 12.8 Å². The highest BCUT2D eigenvalue weighted by Gasteiger charge is 2.14. The van der Waals surface area contributed by atoms with Crippen LogP contribution in [0.2, 0.25) is 5.02 Å². The van der Waals surface area contributed by atoms with Crippen molar-refractivity contribution in [1.82, 2.24) is 5.01 Å². The van der Waals surface area contributed by atoms with Gasteiger partial charge in [-0.3, -0.25) is 19.4 Å². The molecule has 0 heterocycles. The molecular weight excluding hydrogens is 286 g/mol. The Morgan fingerprint density at radius 3 is 2.50 bits per heavy atom. The number of carboxylic acid groups (broad SMARTS) is 1. The van der Waals surface area contributed by atoms with Gasteiger partial charge in [-0.25, -0.2) is 5.84 Å². The largest absolute Gasteiger partial charge is 0.480 e. The Morgan fingerprint density at radius 1 is 1.25 bits per heavy atom.